The van der Waals surface area contributed by atoms with Gasteiger partial charge >= 0.3 is 6.36 Å². The Morgan fingerprint density at radius 3 is 2.24 bits per heavy atom. The van der Waals surface area contributed by atoms with Crippen LogP contribution in [0.2, 0.25) is 0 Å². The van der Waals surface area contributed by atoms with Gasteiger partial charge < -0.3 is 4.74 Å². The summed E-state index contributed by atoms with van der Waals surface area (Å²) in [6, 6.07) is 2.82. The third-order valence-corrected chi connectivity index (χ3v) is 2.09. The largest absolute Gasteiger partial charge is 0.574 e. The molecular weight excluding hydrogens is 231 g/mol. The minimum atomic E-state index is -4.69. The zero-order valence-electron chi connectivity index (χ0n) is 10.4. The van der Waals surface area contributed by atoms with Crippen molar-refractivity contribution < 1.29 is 17.9 Å². The molecule has 0 atom stereocenters. The first-order valence-corrected chi connectivity index (χ1v) is 5.29. The number of pyridine rings is 1. The molecule has 96 valence electrons. The van der Waals surface area contributed by atoms with Crippen LogP contribution in [0.25, 0.3) is 0 Å². The van der Waals surface area contributed by atoms with Gasteiger partial charge in [0, 0.05) is 11.8 Å². The normalized spacial score (nSPS) is 12.6. The van der Waals surface area contributed by atoms with Crippen LogP contribution in [0, 0.1) is 12.3 Å². The van der Waals surface area contributed by atoms with E-state index in [4.69, 9.17) is 0 Å². The smallest absolute Gasteiger partial charge is 0.388 e. The summed E-state index contributed by atoms with van der Waals surface area (Å²) >= 11 is 0. The lowest BCUT2D eigenvalue weighted by molar-refractivity contribution is -0.276. The molecule has 0 saturated heterocycles. The second-order valence-corrected chi connectivity index (χ2v) is 5.20. The molecule has 0 aromatic carbocycles. The van der Waals surface area contributed by atoms with E-state index in [0.717, 1.165) is 5.56 Å². The lowest BCUT2D eigenvalue weighted by Gasteiger charge is -2.19. The Morgan fingerprint density at radius 1 is 1.18 bits per heavy atom. The van der Waals surface area contributed by atoms with Crippen molar-refractivity contribution >= 4 is 0 Å². The van der Waals surface area contributed by atoms with Crippen molar-refractivity contribution in [3.05, 3.63) is 23.4 Å². The third-order valence-electron chi connectivity index (χ3n) is 2.09. The van der Waals surface area contributed by atoms with Crippen molar-refractivity contribution in [3.63, 3.8) is 0 Å². The molecule has 0 aliphatic heterocycles. The average molecular weight is 247 g/mol. The van der Waals surface area contributed by atoms with Gasteiger partial charge in [-0.3, -0.25) is 0 Å². The number of aromatic nitrogens is 1. The number of nitrogens with zero attached hydrogens (tertiary/aromatic N) is 1. The molecule has 1 aromatic rings. The minimum Gasteiger partial charge on any atom is -0.388 e. The number of rotatable bonds is 2. The lowest BCUT2D eigenvalue weighted by atomic mass is 9.89. The number of aryl methyl sites for hydroxylation is 1. The SMILES string of the molecule is Cc1ccc(OC(F)(F)F)nc1CC(C)(C)C. The minimum absolute atomic E-state index is 0.0331. The number of alkyl halides is 3. The highest BCUT2D eigenvalue weighted by molar-refractivity contribution is 5.25. The summed E-state index contributed by atoms with van der Waals surface area (Å²) in [6.07, 6.45) is -4.09. The maximum Gasteiger partial charge on any atom is 0.574 e. The topological polar surface area (TPSA) is 22.1 Å². The standard InChI is InChI=1S/C12H16F3NO/c1-8-5-6-10(17-12(13,14)15)16-9(8)7-11(2,3)4/h5-6H,7H2,1-4H3. The molecule has 0 amide bonds. The van der Waals surface area contributed by atoms with Crippen molar-refractivity contribution in [2.24, 2.45) is 5.41 Å². The first-order valence-electron chi connectivity index (χ1n) is 5.29. The number of halogens is 3. The molecule has 5 heteroatoms. The first kappa shape index (κ1) is 13.8. The Hall–Kier alpha value is -1.26. The highest BCUT2D eigenvalue weighted by Gasteiger charge is 2.32. The van der Waals surface area contributed by atoms with Gasteiger partial charge in [0.2, 0.25) is 5.88 Å². The first-order chi connectivity index (χ1) is 7.57. The van der Waals surface area contributed by atoms with E-state index in [2.05, 4.69) is 9.72 Å². The predicted molar refractivity (Wildman–Crippen MR) is 58.8 cm³/mol. The number of ether oxygens (including phenoxy) is 1. The maximum absolute atomic E-state index is 12.0. The Bertz CT molecular complexity index is 394. The van der Waals surface area contributed by atoms with Gasteiger partial charge in [0.1, 0.15) is 0 Å². The van der Waals surface area contributed by atoms with Gasteiger partial charge in [0.25, 0.3) is 0 Å². The van der Waals surface area contributed by atoms with Crippen molar-refractivity contribution in [1.29, 1.82) is 0 Å². The molecule has 1 aromatic heterocycles. The van der Waals surface area contributed by atoms with E-state index in [9.17, 15) is 13.2 Å². The summed E-state index contributed by atoms with van der Waals surface area (Å²) in [5, 5.41) is 0. The van der Waals surface area contributed by atoms with Gasteiger partial charge in [0.05, 0.1) is 0 Å². The highest BCUT2D eigenvalue weighted by Crippen LogP contribution is 2.25. The molecule has 17 heavy (non-hydrogen) atoms. The molecule has 0 radical (unpaired) electrons. The summed E-state index contributed by atoms with van der Waals surface area (Å²) in [4.78, 5) is 3.90. The van der Waals surface area contributed by atoms with E-state index in [0.29, 0.717) is 12.1 Å². The van der Waals surface area contributed by atoms with Gasteiger partial charge in [-0.25, -0.2) is 4.98 Å². The van der Waals surface area contributed by atoms with Crippen LogP contribution in [0.5, 0.6) is 5.88 Å². The molecule has 0 N–H and O–H groups in total. The van der Waals surface area contributed by atoms with Crippen LogP contribution in [0.4, 0.5) is 13.2 Å². The molecule has 0 saturated carbocycles. The third kappa shape index (κ3) is 5.06. The number of hydrogen-bond acceptors (Lipinski definition) is 2. The molecule has 0 unspecified atom stereocenters. The Labute approximate surface area is 98.8 Å². The zero-order valence-corrected chi connectivity index (χ0v) is 10.4. The van der Waals surface area contributed by atoms with Crippen LogP contribution in [0.3, 0.4) is 0 Å². The van der Waals surface area contributed by atoms with Crippen LogP contribution >= 0.6 is 0 Å². The molecule has 1 heterocycles. The molecule has 0 aliphatic carbocycles. The zero-order chi connectivity index (χ0) is 13.3. The fraction of sp³-hybridized carbons (Fsp3) is 0.583. The fourth-order valence-electron chi connectivity index (χ4n) is 1.41. The second kappa shape index (κ2) is 4.55. The summed E-state index contributed by atoms with van der Waals surface area (Å²) < 4.78 is 39.9. The van der Waals surface area contributed by atoms with Crippen LogP contribution < -0.4 is 4.74 Å². The van der Waals surface area contributed by atoms with Crippen LogP contribution in [-0.4, -0.2) is 11.3 Å². The van der Waals surface area contributed by atoms with Crippen LogP contribution in [0.1, 0.15) is 32.0 Å². The summed E-state index contributed by atoms with van der Waals surface area (Å²) in [5.41, 5.74) is 1.47. The van der Waals surface area contributed by atoms with Gasteiger partial charge in [-0.2, -0.15) is 0 Å². The number of hydrogen-bond donors (Lipinski definition) is 0. The maximum atomic E-state index is 12.0. The van der Waals surface area contributed by atoms with E-state index in [1.807, 2.05) is 27.7 Å². The quantitative estimate of drug-likeness (QED) is 0.791. The van der Waals surface area contributed by atoms with Gasteiger partial charge in [-0.05, 0) is 24.3 Å². The predicted octanol–water partition coefficient (Wildman–Crippen LogP) is 3.88. The summed E-state index contributed by atoms with van der Waals surface area (Å²) in [5.74, 6) is -0.401. The second-order valence-electron chi connectivity index (χ2n) is 5.20. The van der Waals surface area contributed by atoms with Gasteiger partial charge in [0.15, 0.2) is 0 Å². The van der Waals surface area contributed by atoms with E-state index in [1.54, 1.807) is 6.07 Å². The Morgan fingerprint density at radius 2 is 1.76 bits per heavy atom. The Balaban J connectivity index is 2.95. The van der Waals surface area contributed by atoms with E-state index >= 15 is 0 Å². The average Bonchev–Trinajstić information content (AvgIpc) is 2.05. The van der Waals surface area contributed by atoms with Gasteiger partial charge in [-0.1, -0.05) is 26.8 Å². The Kier molecular flexibility index (Phi) is 3.69. The summed E-state index contributed by atoms with van der Waals surface area (Å²) in [6.45, 7) is 7.84. The van der Waals surface area contributed by atoms with Crippen molar-refractivity contribution in [1.82, 2.24) is 4.98 Å². The highest BCUT2D eigenvalue weighted by atomic mass is 19.4. The monoisotopic (exact) mass is 247 g/mol. The van der Waals surface area contributed by atoms with Gasteiger partial charge in [-0.15, -0.1) is 13.2 Å². The van der Waals surface area contributed by atoms with Crippen LogP contribution in [-0.2, 0) is 6.42 Å². The van der Waals surface area contributed by atoms with Crippen molar-refractivity contribution in [3.8, 4) is 5.88 Å². The lowest BCUT2D eigenvalue weighted by Crippen LogP contribution is -2.19. The van der Waals surface area contributed by atoms with E-state index < -0.39 is 12.2 Å². The van der Waals surface area contributed by atoms with Crippen LogP contribution in [0.15, 0.2) is 12.1 Å². The van der Waals surface area contributed by atoms with Crippen molar-refractivity contribution in [2.45, 2.75) is 40.5 Å². The molecular formula is C12H16F3NO. The molecule has 0 aliphatic rings. The fourth-order valence-corrected chi connectivity index (χ4v) is 1.41. The van der Waals surface area contributed by atoms with E-state index in [-0.39, 0.29) is 5.41 Å². The molecule has 2 nitrogen and oxygen atoms in total. The molecule has 0 spiro atoms. The van der Waals surface area contributed by atoms with E-state index in [1.165, 1.54) is 6.07 Å². The summed E-state index contributed by atoms with van der Waals surface area (Å²) in [7, 11) is 0. The molecule has 1 rings (SSSR count). The molecule has 0 bridgehead atoms. The molecule has 0 fully saturated rings. The van der Waals surface area contributed by atoms with Crippen molar-refractivity contribution in [2.75, 3.05) is 0 Å².